The fraction of sp³-hybridized carbons (Fsp3) is 0.208. The van der Waals surface area contributed by atoms with Gasteiger partial charge in [-0.3, -0.25) is 38.4 Å². The molecule has 13 N–H and O–H groups in total. The van der Waals surface area contributed by atoms with Gasteiger partial charge in [0.15, 0.2) is 23.4 Å². The minimum atomic E-state index is -0.815. The number of imidazole rings is 2. The van der Waals surface area contributed by atoms with Crippen molar-refractivity contribution in [2.24, 2.45) is 49.3 Å². The van der Waals surface area contributed by atoms with E-state index in [9.17, 15) is 43.5 Å². The minimum absolute atomic E-state index is 0.0670. The number of hydrogen-bond donors (Lipinski definition) is 11. The smallest absolute Gasteiger partial charge is 0.291 e. The maximum Gasteiger partial charge on any atom is 0.291 e. The monoisotopic (exact) mass is 1100 g/mol. The third-order valence-electron chi connectivity index (χ3n) is 13.3. The molecular formula is C53H58N19O9+. The lowest BCUT2D eigenvalue weighted by atomic mass is 10.1. The van der Waals surface area contributed by atoms with Crippen LogP contribution in [0.4, 0.5) is 34.1 Å². The van der Waals surface area contributed by atoms with Crippen LogP contribution in [-0.2, 0) is 54.1 Å². The molecular weight excluding hydrogens is 1050 g/mol. The zero-order chi connectivity index (χ0) is 58.1. The first-order chi connectivity index (χ1) is 38.5. The Kier molecular flexibility index (Phi) is 15.1. The number of rotatable bonds is 18. The van der Waals surface area contributed by atoms with Gasteiger partial charge in [-0.25, -0.2) is 9.97 Å². The number of quaternary nitrogens is 1. The van der Waals surface area contributed by atoms with E-state index in [1.165, 1.54) is 63.5 Å². The van der Waals surface area contributed by atoms with E-state index in [0.29, 0.717) is 51.2 Å². The molecule has 28 heteroatoms. The molecule has 9 aromatic rings. The average Bonchev–Trinajstić information content (AvgIpc) is 4.52. The van der Waals surface area contributed by atoms with Crippen molar-refractivity contribution in [2.75, 3.05) is 45.5 Å². The molecule has 0 aliphatic heterocycles. The summed E-state index contributed by atoms with van der Waals surface area (Å²) in [5.74, 6) is -3.58. The first-order valence-electron chi connectivity index (χ1n) is 24.9. The number of anilines is 6. The molecule has 1 atom stereocenters. The third-order valence-corrected chi connectivity index (χ3v) is 13.3. The van der Waals surface area contributed by atoms with Crippen LogP contribution in [-0.4, -0.2) is 119 Å². The highest BCUT2D eigenvalue weighted by Crippen LogP contribution is 2.32. The second-order valence-corrected chi connectivity index (χ2v) is 19.2. The molecule has 8 amide bonds. The van der Waals surface area contributed by atoms with Crippen molar-refractivity contribution in [3.63, 3.8) is 0 Å². The molecule has 0 saturated heterocycles. The standard InChI is InChI=1S/C53H57N19O9/c1-55-48(76)37-16-30(24-68(37)4)60-51(79)40-19-32(26-71(40)7)62-52(80)41-20-31(25-72(41)8)61-50(78)39-18-29(23-70(39)6)59-47(75)34(54)11-12-57-49(77)38-17-28(22-69(38)5)58-46(74)33-9-10-35-42(43(33)73)65-44(64-35)36-15-27(21-67(36)3)63-53(81)45-56-13-14-66(45)2/h9-10,13-26,34,73H,11-12,54H2,1-8H3,(H,55,76)(H,57,77)(H,58,74)(H,59,75)(H,60,79)(H,61,78)(H,62,80)(H,63,81)(H,64,65)/p+1/t34-/m1/s1. The lowest BCUT2D eigenvalue weighted by Gasteiger charge is -2.10. The van der Waals surface area contributed by atoms with Crippen molar-refractivity contribution in [1.82, 2.24) is 57.6 Å². The number of nitrogens with zero attached hydrogens (tertiary/aromatic N) is 9. The van der Waals surface area contributed by atoms with E-state index in [2.05, 4.69) is 63.2 Å². The Labute approximate surface area is 460 Å². The van der Waals surface area contributed by atoms with Crippen molar-refractivity contribution in [3.8, 4) is 17.3 Å². The summed E-state index contributed by atoms with van der Waals surface area (Å²) in [6, 6.07) is 11.4. The summed E-state index contributed by atoms with van der Waals surface area (Å²) < 4.78 is 11.0. The van der Waals surface area contributed by atoms with Gasteiger partial charge in [0, 0.05) is 119 Å². The first-order valence-corrected chi connectivity index (χ1v) is 24.9. The molecule has 418 valence electrons. The van der Waals surface area contributed by atoms with Crippen molar-refractivity contribution in [3.05, 3.63) is 138 Å². The van der Waals surface area contributed by atoms with E-state index < -0.39 is 47.4 Å². The largest absolute Gasteiger partial charge is 0.505 e. The van der Waals surface area contributed by atoms with Crippen molar-refractivity contribution in [1.29, 1.82) is 0 Å². The van der Waals surface area contributed by atoms with Gasteiger partial charge >= 0.3 is 0 Å². The minimum Gasteiger partial charge on any atom is -0.505 e. The molecule has 81 heavy (non-hydrogen) atoms. The van der Waals surface area contributed by atoms with E-state index in [1.54, 1.807) is 123 Å². The molecule has 0 spiro atoms. The number of fused-ring (bicyclic) bond motifs is 1. The SMILES string of the molecule is CNC(=O)c1cc(NC(=O)c2cc(NC(=O)c3cc(NC(=O)c4cc(NC(=O)[C@H]([NH3+])CCNC(=O)c5cc(NC(=O)c6ccc7[nH]c(-c8cc(NC(=O)c9nccn9C)cn8C)nc7c6O)cn5C)cn4C)cn3C)cn2C)cn1C. The molecule has 8 heterocycles. The molecule has 0 unspecified atom stereocenters. The number of H-pyrrole nitrogens is 1. The highest BCUT2D eigenvalue weighted by atomic mass is 16.3. The molecule has 8 aromatic heterocycles. The van der Waals surface area contributed by atoms with Gasteiger partial charge in [0.2, 0.25) is 0 Å². The quantitative estimate of drug-likeness (QED) is 0.0593. The van der Waals surface area contributed by atoms with Gasteiger partial charge in [-0.2, -0.15) is 0 Å². The van der Waals surface area contributed by atoms with Crippen LogP contribution in [0.25, 0.3) is 22.6 Å². The zero-order valence-corrected chi connectivity index (χ0v) is 45.2. The van der Waals surface area contributed by atoms with Gasteiger partial charge in [-0.15, -0.1) is 0 Å². The Morgan fingerprint density at radius 3 is 1.46 bits per heavy atom. The van der Waals surface area contributed by atoms with Crippen molar-refractivity contribution >= 4 is 92.4 Å². The Balaban J connectivity index is 0.736. The number of benzene rings is 1. The van der Waals surface area contributed by atoms with Gasteiger partial charge in [-0.05, 0) is 48.5 Å². The molecule has 9 rings (SSSR count). The maximum absolute atomic E-state index is 13.5. The lowest BCUT2D eigenvalue weighted by Crippen LogP contribution is -2.67. The van der Waals surface area contributed by atoms with Gasteiger partial charge in [0.1, 0.15) is 34.0 Å². The van der Waals surface area contributed by atoms with Crippen LogP contribution in [0, 0.1) is 0 Å². The Bertz CT molecular complexity index is 4000. The number of carbonyl (C=O) groups is 8. The summed E-state index contributed by atoms with van der Waals surface area (Å²) in [5.41, 5.74) is 8.41. The number of aromatic nitrogens is 10. The second kappa shape index (κ2) is 22.2. The third kappa shape index (κ3) is 11.6. The molecule has 0 aliphatic carbocycles. The molecule has 28 nitrogen and oxygen atoms in total. The number of aromatic amines is 1. The van der Waals surface area contributed by atoms with E-state index in [1.807, 2.05) is 0 Å². The predicted octanol–water partition coefficient (Wildman–Crippen LogP) is 2.69. The van der Waals surface area contributed by atoms with Crippen LogP contribution in [0.15, 0.2) is 98.1 Å². The number of hydrogen-bond acceptors (Lipinski definition) is 11. The lowest BCUT2D eigenvalue weighted by molar-refractivity contribution is -0.403. The summed E-state index contributed by atoms with van der Waals surface area (Å²) in [7, 11) is 13.2. The second-order valence-electron chi connectivity index (χ2n) is 19.2. The number of aryl methyl sites for hydroxylation is 7. The van der Waals surface area contributed by atoms with Gasteiger partial charge in [0.25, 0.3) is 47.3 Å². The summed E-state index contributed by atoms with van der Waals surface area (Å²) >= 11 is 0. The van der Waals surface area contributed by atoms with Gasteiger partial charge < -0.3 is 90.3 Å². The molecule has 0 radical (unpaired) electrons. The Hall–Kier alpha value is -10.9. The van der Waals surface area contributed by atoms with E-state index in [4.69, 9.17) is 0 Å². The van der Waals surface area contributed by atoms with Crippen molar-refractivity contribution < 1.29 is 49.2 Å². The highest BCUT2D eigenvalue weighted by Gasteiger charge is 2.25. The number of phenols is 1. The van der Waals surface area contributed by atoms with Crippen LogP contribution >= 0.6 is 0 Å². The summed E-state index contributed by atoms with van der Waals surface area (Å²) in [6.07, 6.45) is 12.9. The van der Waals surface area contributed by atoms with Crippen LogP contribution in [0.2, 0.25) is 0 Å². The molecule has 1 aromatic carbocycles. The van der Waals surface area contributed by atoms with Crippen LogP contribution in [0.3, 0.4) is 0 Å². The Morgan fingerprint density at radius 1 is 0.543 bits per heavy atom. The normalized spacial score (nSPS) is 11.5. The number of nitrogens with one attached hydrogen (secondary N) is 9. The number of amides is 8. The summed E-state index contributed by atoms with van der Waals surface area (Å²) in [4.78, 5) is 117. The van der Waals surface area contributed by atoms with Crippen molar-refractivity contribution in [2.45, 2.75) is 12.5 Å². The Morgan fingerprint density at radius 2 is 0.975 bits per heavy atom. The number of carbonyl (C=O) groups excluding carboxylic acids is 8. The average molecular weight is 1110 g/mol. The molecule has 0 saturated carbocycles. The van der Waals surface area contributed by atoms with Gasteiger partial charge in [-0.1, -0.05) is 0 Å². The van der Waals surface area contributed by atoms with E-state index >= 15 is 0 Å². The van der Waals surface area contributed by atoms with Crippen LogP contribution < -0.4 is 48.3 Å². The van der Waals surface area contributed by atoms with Gasteiger partial charge in [0.05, 0.1) is 50.9 Å². The molecule has 0 aliphatic rings. The first kappa shape index (κ1) is 54.9. The fourth-order valence-electron chi connectivity index (χ4n) is 9.04. The van der Waals surface area contributed by atoms with E-state index in [0.717, 1.165) is 0 Å². The topological polar surface area (TPSA) is 357 Å². The summed E-state index contributed by atoms with van der Waals surface area (Å²) in [5, 5.41) is 33.2. The summed E-state index contributed by atoms with van der Waals surface area (Å²) in [6.45, 7) is 0.0670. The van der Waals surface area contributed by atoms with E-state index in [-0.39, 0.29) is 70.0 Å². The predicted molar refractivity (Wildman–Crippen MR) is 298 cm³/mol. The highest BCUT2D eigenvalue weighted by molar-refractivity contribution is 6.11. The molecule has 0 fully saturated rings. The number of aromatic hydroxyl groups is 1. The maximum atomic E-state index is 13.5. The van der Waals surface area contributed by atoms with Crippen LogP contribution in [0.5, 0.6) is 5.75 Å². The van der Waals surface area contributed by atoms with Crippen LogP contribution in [0.1, 0.15) is 79.8 Å². The molecule has 0 bridgehead atoms. The fourth-order valence-corrected chi connectivity index (χ4v) is 9.04. The zero-order valence-electron chi connectivity index (χ0n) is 45.2. The number of phenolic OH excluding ortho intramolecular Hbond substituents is 1.